The molecule has 2 N–H and O–H groups in total. The van der Waals surface area contributed by atoms with Crippen LogP contribution >= 0.6 is 0 Å². The third-order valence-electron chi connectivity index (χ3n) is 7.65. The van der Waals surface area contributed by atoms with Crippen LogP contribution in [0.1, 0.15) is 18.0 Å². The van der Waals surface area contributed by atoms with Crippen LogP contribution in [0.5, 0.6) is 11.6 Å². The molecule has 0 aliphatic carbocycles. The predicted molar refractivity (Wildman–Crippen MR) is 181 cm³/mol. The molecular weight excluding hydrogens is 584 g/mol. The van der Waals surface area contributed by atoms with Crippen molar-refractivity contribution in [2.75, 3.05) is 75.7 Å². The number of rotatable bonds is 13. The first kappa shape index (κ1) is 32.2. The van der Waals surface area contributed by atoms with Crippen molar-refractivity contribution in [1.82, 2.24) is 19.9 Å². The molecule has 1 atom stereocenters. The fourth-order valence-corrected chi connectivity index (χ4v) is 5.17. The molecule has 0 spiro atoms. The van der Waals surface area contributed by atoms with Crippen LogP contribution in [0.3, 0.4) is 0 Å². The number of nitrogens with zero attached hydrogens (tertiary/aromatic N) is 6. The summed E-state index contributed by atoms with van der Waals surface area (Å²) in [5.74, 6) is 1.99. The third kappa shape index (κ3) is 7.53. The molecule has 1 amide bonds. The van der Waals surface area contributed by atoms with Gasteiger partial charge in [-0.15, -0.1) is 0 Å². The summed E-state index contributed by atoms with van der Waals surface area (Å²) in [4.78, 5) is 36.0. The van der Waals surface area contributed by atoms with Crippen LogP contribution < -0.4 is 30.1 Å². The van der Waals surface area contributed by atoms with Crippen molar-refractivity contribution in [2.45, 2.75) is 12.5 Å². The lowest BCUT2D eigenvalue weighted by Gasteiger charge is -2.26. The van der Waals surface area contributed by atoms with Gasteiger partial charge in [0.05, 0.1) is 43.9 Å². The molecule has 12 heteroatoms. The average Bonchev–Trinajstić information content (AvgIpc) is 3.58. The summed E-state index contributed by atoms with van der Waals surface area (Å²) in [5.41, 5.74) is 5.18. The Morgan fingerprint density at radius 1 is 1.02 bits per heavy atom. The summed E-state index contributed by atoms with van der Waals surface area (Å²) in [6.07, 6.45) is 5.33. The van der Waals surface area contributed by atoms with Gasteiger partial charge in [-0.05, 0) is 49.5 Å². The lowest BCUT2D eigenvalue weighted by molar-refractivity contribution is -0.111. The van der Waals surface area contributed by atoms with Gasteiger partial charge in [-0.25, -0.2) is 20.0 Å². The number of benzene rings is 2. The Bertz CT molecular complexity index is 1660. The molecule has 1 unspecified atom stereocenters. The first-order chi connectivity index (χ1) is 22.3. The van der Waals surface area contributed by atoms with Crippen LogP contribution in [0.2, 0.25) is 0 Å². The maximum Gasteiger partial charge on any atom is 0.247 e. The van der Waals surface area contributed by atoms with Crippen molar-refractivity contribution in [1.29, 1.82) is 0 Å². The minimum absolute atomic E-state index is 0.0545. The van der Waals surface area contributed by atoms with Gasteiger partial charge in [0.25, 0.3) is 0 Å². The maximum absolute atomic E-state index is 12.4. The normalized spacial score (nSPS) is 14.2. The van der Waals surface area contributed by atoms with Crippen molar-refractivity contribution < 1.29 is 19.1 Å². The second kappa shape index (κ2) is 14.7. The molecule has 1 aliphatic heterocycles. The van der Waals surface area contributed by atoms with Gasteiger partial charge in [-0.1, -0.05) is 24.8 Å². The lowest BCUT2D eigenvalue weighted by atomic mass is 9.99. The van der Waals surface area contributed by atoms with Gasteiger partial charge in [-0.3, -0.25) is 9.63 Å². The van der Waals surface area contributed by atoms with Crippen LogP contribution in [0.25, 0.3) is 11.1 Å². The Kier molecular flexibility index (Phi) is 10.3. The number of methoxy groups -OCH3 is 2. The van der Waals surface area contributed by atoms with Gasteiger partial charge in [0, 0.05) is 56.5 Å². The number of carbonyl (C=O) groups excluding carboxylic acids is 1. The second-order valence-electron chi connectivity index (χ2n) is 11.1. The van der Waals surface area contributed by atoms with Crippen LogP contribution in [0.4, 0.5) is 28.7 Å². The molecule has 2 aromatic heterocycles. The number of pyridine rings is 1. The number of anilines is 5. The molecular formula is C34H40N8O4. The zero-order chi connectivity index (χ0) is 32.6. The summed E-state index contributed by atoms with van der Waals surface area (Å²) < 4.78 is 11.0. The van der Waals surface area contributed by atoms with E-state index in [2.05, 4.69) is 60.2 Å². The Hall–Kier alpha value is -5.20. The quantitative estimate of drug-likeness (QED) is 0.189. The topological polar surface area (TPSA) is 117 Å². The molecule has 1 saturated heterocycles. The van der Waals surface area contributed by atoms with E-state index in [-0.39, 0.29) is 11.9 Å². The number of ether oxygens (including phenoxy) is 2. The minimum Gasteiger partial charge on any atom is -0.494 e. The van der Waals surface area contributed by atoms with Crippen molar-refractivity contribution >= 4 is 34.6 Å². The van der Waals surface area contributed by atoms with E-state index in [9.17, 15) is 4.79 Å². The maximum atomic E-state index is 12.4. The van der Waals surface area contributed by atoms with Crippen LogP contribution in [0, 0.1) is 0 Å². The number of carbonyl (C=O) groups is 1. The van der Waals surface area contributed by atoms with Crippen LogP contribution in [-0.4, -0.2) is 80.8 Å². The third-order valence-corrected chi connectivity index (χ3v) is 7.65. The first-order valence-corrected chi connectivity index (χ1v) is 14.9. The van der Waals surface area contributed by atoms with Crippen molar-refractivity contribution in [3.8, 4) is 22.8 Å². The summed E-state index contributed by atoms with van der Waals surface area (Å²) >= 11 is 0. The molecule has 46 heavy (non-hydrogen) atoms. The lowest BCUT2D eigenvalue weighted by Crippen LogP contribution is -2.29. The fraction of sp³-hybridized carbons (Fsp3) is 0.294. The molecule has 4 aromatic rings. The Labute approximate surface area is 269 Å². The van der Waals surface area contributed by atoms with E-state index in [1.807, 2.05) is 62.6 Å². The monoisotopic (exact) mass is 624 g/mol. The van der Waals surface area contributed by atoms with Gasteiger partial charge in [-0.2, -0.15) is 0 Å². The Balaban J connectivity index is 1.41. The summed E-state index contributed by atoms with van der Waals surface area (Å²) in [5, 5.41) is 8.11. The van der Waals surface area contributed by atoms with E-state index >= 15 is 0 Å². The van der Waals surface area contributed by atoms with Crippen molar-refractivity contribution in [3.63, 3.8) is 0 Å². The highest BCUT2D eigenvalue weighted by Crippen LogP contribution is 2.39. The smallest absolute Gasteiger partial charge is 0.247 e. The average molecular weight is 625 g/mol. The number of hydrogen-bond donors (Lipinski definition) is 2. The van der Waals surface area contributed by atoms with E-state index in [1.165, 1.54) is 12.4 Å². The summed E-state index contributed by atoms with van der Waals surface area (Å²) in [6.45, 7) is 5.73. The molecule has 3 heterocycles. The number of nitrogens with one attached hydrogen (secondary N) is 2. The largest absolute Gasteiger partial charge is 0.494 e. The van der Waals surface area contributed by atoms with Gasteiger partial charge in [0.2, 0.25) is 11.8 Å². The van der Waals surface area contributed by atoms with E-state index in [0.717, 1.165) is 41.9 Å². The summed E-state index contributed by atoms with van der Waals surface area (Å²) in [6, 6.07) is 17.7. The predicted octanol–water partition coefficient (Wildman–Crippen LogP) is 5.30. The molecule has 0 bridgehead atoms. The highest BCUT2D eigenvalue weighted by Gasteiger charge is 2.29. The van der Waals surface area contributed by atoms with E-state index < -0.39 is 0 Å². The SMILES string of the molecule is C=CC(=O)Nc1cc(Nc2cc(N3OCCC3c3cccc(-c4ccc(OC)nc4)c3)ncn2)c(OC)cc1N(C)CCN(C)C. The van der Waals surface area contributed by atoms with E-state index in [0.29, 0.717) is 41.2 Å². The van der Waals surface area contributed by atoms with Gasteiger partial charge in [0.15, 0.2) is 5.82 Å². The Morgan fingerprint density at radius 3 is 2.59 bits per heavy atom. The van der Waals surface area contributed by atoms with Crippen LogP contribution in [-0.2, 0) is 9.63 Å². The molecule has 0 saturated carbocycles. The minimum atomic E-state index is -0.313. The number of hydroxylamine groups is 1. The zero-order valence-corrected chi connectivity index (χ0v) is 26.9. The first-order valence-electron chi connectivity index (χ1n) is 14.9. The molecule has 1 fully saturated rings. The molecule has 5 rings (SSSR count). The standard InChI is InChI=1S/C34H40N8O4/c1-7-33(43)39-26-18-27(30(44-5)19-29(26)41(4)15-14-40(2)3)38-31-20-32(37-22-36-31)42-28(13-16-46-42)24-10-8-9-23(17-24)25-11-12-34(45-6)35-21-25/h7-12,17-22,28H,1,13-16H2,2-6H3,(H,39,43)(H,36,37,38). The van der Waals surface area contributed by atoms with Gasteiger partial charge >= 0.3 is 0 Å². The van der Waals surface area contributed by atoms with Crippen molar-refractivity contribution in [3.05, 3.63) is 85.3 Å². The van der Waals surface area contributed by atoms with Gasteiger partial charge in [0.1, 0.15) is 17.9 Å². The fourth-order valence-electron chi connectivity index (χ4n) is 5.17. The molecule has 240 valence electrons. The van der Waals surface area contributed by atoms with Gasteiger partial charge < -0.3 is 29.9 Å². The summed E-state index contributed by atoms with van der Waals surface area (Å²) in [7, 11) is 9.22. The number of likely N-dealkylation sites (N-methyl/N-ethyl adjacent to an activating group) is 2. The highest BCUT2D eigenvalue weighted by molar-refractivity contribution is 6.02. The Morgan fingerprint density at radius 2 is 1.87 bits per heavy atom. The number of amides is 1. The van der Waals surface area contributed by atoms with Crippen LogP contribution in [0.15, 0.2) is 79.8 Å². The number of aromatic nitrogens is 3. The van der Waals surface area contributed by atoms with Crippen molar-refractivity contribution in [2.24, 2.45) is 0 Å². The molecule has 0 radical (unpaired) electrons. The second-order valence-corrected chi connectivity index (χ2v) is 11.1. The zero-order valence-electron chi connectivity index (χ0n) is 26.9. The number of hydrogen-bond acceptors (Lipinski definition) is 11. The highest BCUT2D eigenvalue weighted by atomic mass is 16.7. The van der Waals surface area contributed by atoms with E-state index in [1.54, 1.807) is 20.4 Å². The molecule has 2 aromatic carbocycles. The van der Waals surface area contributed by atoms with E-state index in [4.69, 9.17) is 14.3 Å². The molecule has 1 aliphatic rings. The molecule has 12 nitrogen and oxygen atoms in total.